The Hall–Kier alpha value is -4.64. The maximum Gasteiger partial charge on any atom is 0.341 e. The lowest BCUT2D eigenvalue weighted by Gasteiger charge is -2.30. The van der Waals surface area contributed by atoms with Crippen LogP contribution < -0.4 is 0 Å². The Bertz CT molecular complexity index is 1880. The SMILES string of the molecule is CCn1c(C)c(C2(c3c(C)c(-c4ccccc4)n4ccccc34)OC(=O)c3cccnc32)c2ccccc21. The van der Waals surface area contributed by atoms with Gasteiger partial charge in [-0.2, -0.15) is 0 Å². The highest BCUT2D eigenvalue weighted by Gasteiger charge is 2.54. The molecule has 1 aliphatic rings. The highest BCUT2D eigenvalue weighted by Crippen LogP contribution is 2.53. The van der Waals surface area contributed by atoms with Crippen molar-refractivity contribution in [3.05, 3.63) is 131 Å². The smallest absolute Gasteiger partial charge is 0.341 e. The number of hydrogen-bond donors (Lipinski definition) is 0. The van der Waals surface area contributed by atoms with Crippen LogP contribution >= 0.6 is 0 Å². The number of nitrogens with zero attached hydrogens (tertiary/aromatic N) is 3. The predicted molar refractivity (Wildman–Crippen MR) is 149 cm³/mol. The first-order chi connectivity index (χ1) is 18.6. The zero-order valence-corrected chi connectivity index (χ0v) is 21.6. The van der Waals surface area contributed by atoms with Crippen LogP contribution in [0.3, 0.4) is 0 Å². The summed E-state index contributed by atoms with van der Waals surface area (Å²) in [7, 11) is 0. The van der Waals surface area contributed by atoms with Crippen molar-refractivity contribution in [2.75, 3.05) is 0 Å². The third-order valence-corrected chi connectivity index (χ3v) is 7.99. The molecule has 0 saturated heterocycles. The van der Waals surface area contributed by atoms with Crippen molar-refractivity contribution in [3.63, 3.8) is 0 Å². The van der Waals surface area contributed by atoms with E-state index in [2.05, 4.69) is 90.5 Å². The summed E-state index contributed by atoms with van der Waals surface area (Å²) in [5, 5.41) is 1.06. The summed E-state index contributed by atoms with van der Waals surface area (Å²) >= 11 is 0. The van der Waals surface area contributed by atoms with Crippen LogP contribution in [0.5, 0.6) is 0 Å². The van der Waals surface area contributed by atoms with Gasteiger partial charge in [-0.1, -0.05) is 54.6 Å². The first kappa shape index (κ1) is 22.5. The van der Waals surface area contributed by atoms with Gasteiger partial charge in [-0.3, -0.25) is 4.98 Å². The molecule has 0 bridgehead atoms. The third kappa shape index (κ3) is 2.81. The summed E-state index contributed by atoms with van der Waals surface area (Å²) in [4.78, 5) is 18.5. The quantitative estimate of drug-likeness (QED) is 0.245. The van der Waals surface area contributed by atoms with Crippen LogP contribution in [-0.4, -0.2) is 19.9 Å². The Morgan fingerprint density at radius 2 is 1.58 bits per heavy atom. The number of cyclic esters (lactones) is 1. The highest BCUT2D eigenvalue weighted by molar-refractivity contribution is 5.99. The fraction of sp³-hybridized carbons (Fsp3) is 0.152. The molecule has 6 aromatic rings. The minimum Gasteiger partial charge on any atom is -0.439 e. The second-order valence-electron chi connectivity index (χ2n) is 9.86. The number of rotatable bonds is 4. The van der Waals surface area contributed by atoms with Gasteiger partial charge in [0.1, 0.15) is 5.69 Å². The molecule has 0 saturated carbocycles. The van der Waals surface area contributed by atoms with Crippen LogP contribution in [0.25, 0.3) is 27.7 Å². The van der Waals surface area contributed by atoms with Crippen molar-refractivity contribution in [1.82, 2.24) is 14.0 Å². The molecule has 1 unspecified atom stereocenters. The van der Waals surface area contributed by atoms with E-state index in [1.54, 1.807) is 12.3 Å². The van der Waals surface area contributed by atoms with Gasteiger partial charge in [0.15, 0.2) is 0 Å². The van der Waals surface area contributed by atoms with E-state index in [0.717, 1.165) is 56.6 Å². The Labute approximate surface area is 221 Å². The standard InChI is InChI=1S/C33H27N3O2/c1-4-35-22(3)29(24-15-8-9-17-26(24)35)33(31-25(32(37)38-33)16-12-19-34-31)28-21(2)30(23-13-6-5-7-14-23)36-20-11-10-18-27(28)36/h5-20H,4H2,1-3H3. The Balaban J connectivity index is 1.70. The lowest BCUT2D eigenvalue weighted by atomic mass is 9.79. The molecule has 4 aromatic heterocycles. The number of para-hydroxylation sites is 1. The number of aromatic nitrogens is 3. The Morgan fingerprint density at radius 3 is 2.39 bits per heavy atom. The van der Waals surface area contributed by atoms with Gasteiger partial charge >= 0.3 is 5.97 Å². The number of carbonyl (C=O) groups is 1. The average Bonchev–Trinajstić information content (AvgIpc) is 3.53. The summed E-state index contributed by atoms with van der Waals surface area (Å²) in [6.45, 7) is 7.21. The van der Waals surface area contributed by atoms with E-state index in [4.69, 9.17) is 9.72 Å². The van der Waals surface area contributed by atoms with Gasteiger partial charge in [-0.05, 0) is 62.2 Å². The summed E-state index contributed by atoms with van der Waals surface area (Å²) in [5.74, 6) is -0.350. The number of hydrogen-bond acceptors (Lipinski definition) is 3. The molecule has 5 nitrogen and oxygen atoms in total. The lowest BCUT2D eigenvalue weighted by Crippen LogP contribution is -2.32. The van der Waals surface area contributed by atoms with Crippen molar-refractivity contribution in [1.29, 1.82) is 0 Å². The molecule has 1 aliphatic heterocycles. The number of carbonyl (C=O) groups excluding carboxylic acids is 1. The highest BCUT2D eigenvalue weighted by atomic mass is 16.6. The minimum absolute atomic E-state index is 0.350. The second kappa shape index (κ2) is 8.18. The average molecular weight is 498 g/mol. The van der Waals surface area contributed by atoms with E-state index in [0.29, 0.717) is 11.3 Å². The van der Waals surface area contributed by atoms with Crippen LogP contribution in [-0.2, 0) is 16.9 Å². The Kier molecular flexibility index (Phi) is 4.86. The van der Waals surface area contributed by atoms with Crippen molar-refractivity contribution in [3.8, 4) is 11.3 Å². The largest absolute Gasteiger partial charge is 0.439 e. The zero-order chi connectivity index (χ0) is 26.0. The summed E-state index contributed by atoms with van der Waals surface area (Å²) < 4.78 is 11.2. The summed E-state index contributed by atoms with van der Waals surface area (Å²) in [6, 6.07) is 28.6. The molecule has 38 heavy (non-hydrogen) atoms. The van der Waals surface area contributed by atoms with Crippen LogP contribution in [0.15, 0.2) is 97.3 Å². The Morgan fingerprint density at radius 1 is 0.842 bits per heavy atom. The van der Waals surface area contributed by atoms with E-state index in [1.165, 1.54) is 0 Å². The van der Waals surface area contributed by atoms with Crippen LogP contribution in [0, 0.1) is 13.8 Å². The molecule has 2 aromatic carbocycles. The molecule has 186 valence electrons. The zero-order valence-electron chi connectivity index (χ0n) is 21.6. The molecule has 0 amide bonds. The van der Waals surface area contributed by atoms with Gasteiger partial charge in [0, 0.05) is 46.7 Å². The van der Waals surface area contributed by atoms with Crippen LogP contribution in [0.1, 0.15) is 45.4 Å². The molecule has 5 heterocycles. The van der Waals surface area contributed by atoms with Gasteiger partial charge in [-0.15, -0.1) is 0 Å². The number of aryl methyl sites for hydroxylation is 1. The van der Waals surface area contributed by atoms with Crippen LogP contribution in [0.4, 0.5) is 0 Å². The molecule has 7 rings (SSSR count). The maximum atomic E-state index is 13.6. The molecule has 0 N–H and O–H groups in total. The van der Waals surface area contributed by atoms with Crippen molar-refractivity contribution >= 4 is 22.4 Å². The monoisotopic (exact) mass is 497 g/mol. The molecule has 1 atom stereocenters. The number of esters is 1. The number of fused-ring (bicyclic) bond motifs is 3. The first-order valence-corrected chi connectivity index (χ1v) is 13.0. The van der Waals surface area contributed by atoms with Gasteiger partial charge in [0.05, 0.1) is 16.8 Å². The van der Waals surface area contributed by atoms with Gasteiger partial charge in [0.25, 0.3) is 0 Å². The number of benzene rings is 2. The van der Waals surface area contributed by atoms with Gasteiger partial charge in [0.2, 0.25) is 5.60 Å². The fourth-order valence-electron chi connectivity index (χ4n) is 6.57. The van der Waals surface area contributed by atoms with Crippen molar-refractivity contribution < 1.29 is 9.53 Å². The third-order valence-electron chi connectivity index (χ3n) is 7.99. The number of ether oxygens (including phenoxy) is 1. The molecule has 0 spiro atoms. The normalized spacial score (nSPS) is 16.8. The molecular weight excluding hydrogens is 470 g/mol. The number of pyridine rings is 2. The molecule has 0 aliphatic carbocycles. The van der Waals surface area contributed by atoms with Gasteiger partial charge in [-0.25, -0.2) is 4.79 Å². The second-order valence-corrected chi connectivity index (χ2v) is 9.86. The molecule has 0 radical (unpaired) electrons. The predicted octanol–water partition coefficient (Wildman–Crippen LogP) is 7.06. The van der Waals surface area contributed by atoms with Crippen molar-refractivity contribution in [2.45, 2.75) is 32.9 Å². The van der Waals surface area contributed by atoms with E-state index < -0.39 is 5.60 Å². The van der Waals surface area contributed by atoms with Gasteiger partial charge < -0.3 is 13.7 Å². The molecule has 0 fully saturated rings. The fourth-order valence-corrected chi connectivity index (χ4v) is 6.57. The summed E-state index contributed by atoms with van der Waals surface area (Å²) in [5.41, 5.74) is 8.28. The first-order valence-electron chi connectivity index (χ1n) is 13.0. The maximum absolute atomic E-state index is 13.6. The molecular formula is C33H27N3O2. The minimum atomic E-state index is -1.21. The van der Waals surface area contributed by atoms with E-state index in [-0.39, 0.29) is 5.97 Å². The van der Waals surface area contributed by atoms with Crippen molar-refractivity contribution in [2.24, 2.45) is 0 Å². The van der Waals surface area contributed by atoms with E-state index in [9.17, 15) is 4.79 Å². The van der Waals surface area contributed by atoms with E-state index in [1.807, 2.05) is 24.3 Å². The lowest BCUT2D eigenvalue weighted by molar-refractivity contribution is 0.0248. The van der Waals surface area contributed by atoms with Crippen LogP contribution in [0.2, 0.25) is 0 Å². The summed E-state index contributed by atoms with van der Waals surface area (Å²) in [6.07, 6.45) is 3.84. The van der Waals surface area contributed by atoms with E-state index >= 15 is 0 Å². The topological polar surface area (TPSA) is 48.5 Å². The molecule has 5 heteroatoms.